The van der Waals surface area contributed by atoms with Crippen LogP contribution >= 0.6 is 0 Å². The van der Waals surface area contributed by atoms with Gasteiger partial charge in [0.15, 0.2) is 5.78 Å². The lowest BCUT2D eigenvalue weighted by Gasteiger charge is -2.24. The van der Waals surface area contributed by atoms with Crippen LogP contribution in [0.3, 0.4) is 0 Å². The van der Waals surface area contributed by atoms with E-state index in [-0.39, 0.29) is 39.3 Å². The highest BCUT2D eigenvalue weighted by Crippen LogP contribution is 2.46. The number of fused-ring (bicyclic) bond motifs is 2. The van der Waals surface area contributed by atoms with Gasteiger partial charge in [-0.25, -0.2) is 0 Å². The average Bonchev–Trinajstić information content (AvgIpc) is 2.69. The lowest BCUT2D eigenvalue weighted by molar-refractivity contribution is 0.0877. The number of ketones is 2. The summed E-state index contributed by atoms with van der Waals surface area (Å²) in [7, 11) is 2.83. The number of carbonyl (C=O) groups excluding carboxylic acids is 2. The van der Waals surface area contributed by atoms with Crippen molar-refractivity contribution in [1.29, 1.82) is 0 Å². The number of unbranched alkanes of at least 4 members (excludes halogenated alkanes) is 2. The zero-order chi connectivity index (χ0) is 21.3. The molecule has 0 bridgehead atoms. The van der Waals surface area contributed by atoms with Crippen molar-refractivity contribution in [2.24, 2.45) is 0 Å². The van der Waals surface area contributed by atoms with Crippen molar-refractivity contribution >= 4 is 11.6 Å². The highest BCUT2D eigenvalue weighted by Gasteiger charge is 2.38. The molecule has 1 aliphatic carbocycles. The van der Waals surface area contributed by atoms with E-state index in [2.05, 4.69) is 6.92 Å². The summed E-state index contributed by atoms with van der Waals surface area (Å²) >= 11 is 0. The van der Waals surface area contributed by atoms with Gasteiger partial charge in [-0.15, -0.1) is 0 Å². The van der Waals surface area contributed by atoms with Gasteiger partial charge >= 0.3 is 0 Å². The van der Waals surface area contributed by atoms with E-state index in [1.165, 1.54) is 32.4 Å². The van der Waals surface area contributed by atoms with Crippen LogP contribution in [0.2, 0.25) is 0 Å². The van der Waals surface area contributed by atoms with Gasteiger partial charge in [0.1, 0.15) is 23.0 Å². The minimum absolute atomic E-state index is 0.0443. The fourth-order valence-electron chi connectivity index (χ4n) is 3.76. The van der Waals surface area contributed by atoms with Crippen molar-refractivity contribution in [3.63, 3.8) is 0 Å². The molecule has 0 aromatic heterocycles. The SMILES string of the molecule is CCCCCC(OC)c1c(O)cc2c(c1O)C(=O)c1c(O)cc(OC)cc1C2=O. The Balaban J connectivity index is 2.16. The second-order valence-electron chi connectivity index (χ2n) is 7.03. The van der Waals surface area contributed by atoms with Gasteiger partial charge in [-0.05, 0) is 18.6 Å². The van der Waals surface area contributed by atoms with Gasteiger partial charge < -0.3 is 24.8 Å². The van der Waals surface area contributed by atoms with Crippen molar-refractivity contribution < 1.29 is 34.4 Å². The lowest BCUT2D eigenvalue weighted by atomic mass is 9.81. The molecule has 2 aromatic carbocycles. The Bertz CT molecular complexity index is 978. The maximum Gasteiger partial charge on any atom is 0.201 e. The van der Waals surface area contributed by atoms with Gasteiger partial charge in [-0.1, -0.05) is 26.2 Å². The Kier molecular flexibility index (Phi) is 5.79. The predicted octanol–water partition coefficient (Wildman–Crippen LogP) is 3.86. The van der Waals surface area contributed by atoms with Gasteiger partial charge in [0.25, 0.3) is 0 Å². The molecule has 0 saturated heterocycles. The number of phenolic OH excluding ortho intramolecular Hbond substituents is 3. The first-order valence-electron chi connectivity index (χ1n) is 9.47. The first kappa shape index (κ1) is 20.7. The lowest BCUT2D eigenvalue weighted by Crippen LogP contribution is -2.22. The van der Waals surface area contributed by atoms with Gasteiger partial charge in [0, 0.05) is 24.3 Å². The molecule has 2 aromatic rings. The molecule has 29 heavy (non-hydrogen) atoms. The molecule has 1 aliphatic rings. The molecule has 154 valence electrons. The van der Waals surface area contributed by atoms with E-state index in [1.807, 2.05) is 0 Å². The largest absolute Gasteiger partial charge is 0.507 e. The van der Waals surface area contributed by atoms with Crippen LogP contribution in [0.1, 0.15) is 76.1 Å². The van der Waals surface area contributed by atoms with Gasteiger partial charge in [0.05, 0.1) is 29.9 Å². The van der Waals surface area contributed by atoms with E-state index >= 15 is 0 Å². The number of methoxy groups -OCH3 is 2. The van der Waals surface area contributed by atoms with Crippen molar-refractivity contribution in [2.75, 3.05) is 14.2 Å². The van der Waals surface area contributed by atoms with Crippen LogP contribution in [0.15, 0.2) is 18.2 Å². The molecule has 0 radical (unpaired) electrons. The summed E-state index contributed by atoms with van der Waals surface area (Å²) in [6, 6.07) is 3.76. The molecule has 0 fully saturated rings. The summed E-state index contributed by atoms with van der Waals surface area (Å²) in [5.41, 5.74) is -0.544. The highest BCUT2D eigenvalue weighted by molar-refractivity contribution is 6.30. The zero-order valence-electron chi connectivity index (χ0n) is 16.6. The number of carbonyl (C=O) groups is 2. The Morgan fingerprint density at radius 1 is 0.897 bits per heavy atom. The summed E-state index contributed by atoms with van der Waals surface area (Å²) in [5.74, 6) is -2.31. The van der Waals surface area contributed by atoms with Crippen LogP contribution in [0.4, 0.5) is 0 Å². The van der Waals surface area contributed by atoms with Crippen molar-refractivity contribution in [3.05, 3.63) is 46.0 Å². The van der Waals surface area contributed by atoms with Gasteiger partial charge in [-0.2, -0.15) is 0 Å². The summed E-state index contributed by atoms with van der Waals surface area (Å²) in [6.07, 6.45) is 2.64. The average molecular weight is 400 g/mol. The fourth-order valence-corrected chi connectivity index (χ4v) is 3.76. The van der Waals surface area contributed by atoms with Crippen molar-refractivity contribution in [2.45, 2.75) is 38.7 Å². The molecule has 0 saturated carbocycles. The smallest absolute Gasteiger partial charge is 0.201 e. The molecular formula is C22H24O7. The third-order valence-corrected chi connectivity index (χ3v) is 5.26. The second kappa shape index (κ2) is 8.13. The fraction of sp³-hybridized carbons (Fsp3) is 0.364. The van der Waals surface area contributed by atoms with Crippen molar-refractivity contribution in [3.8, 4) is 23.0 Å². The number of hydrogen-bond donors (Lipinski definition) is 3. The Morgan fingerprint density at radius 2 is 1.59 bits per heavy atom. The number of ether oxygens (including phenoxy) is 2. The predicted molar refractivity (Wildman–Crippen MR) is 105 cm³/mol. The number of rotatable bonds is 7. The molecule has 1 atom stereocenters. The Labute approximate surface area is 168 Å². The van der Waals surface area contributed by atoms with Crippen LogP contribution in [0, 0.1) is 0 Å². The third-order valence-electron chi connectivity index (χ3n) is 5.26. The molecule has 7 nitrogen and oxygen atoms in total. The molecule has 7 heteroatoms. The molecule has 3 rings (SSSR count). The molecular weight excluding hydrogens is 376 g/mol. The topological polar surface area (TPSA) is 113 Å². The Hall–Kier alpha value is -3.06. The molecule has 3 N–H and O–H groups in total. The van der Waals surface area contributed by atoms with E-state index in [0.29, 0.717) is 6.42 Å². The maximum absolute atomic E-state index is 13.1. The minimum atomic E-state index is -0.697. The number of benzene rings is 2. The maximum atomic E-state index is 13.1. The van der Waals surface area contributed by atoms with E-state index < -0.39 is 29.2 Å². The Morgan fingerprint density at radius 3 is 2.21 bits per heavy atom. The van der Waals surface area contributed by atoms with E-state index in [1.54, 1.807) is 0 Å². The first-order valence-corrected chi connectivity index (χ1v) is 9.47. The van der Waals surface area contributed by atoms with Crippen molar-refractivity contribution in [1.82, 2.24) is 0 Å². The number of aromatic hydroxyl groups is 3. The van der Waals surface area contributed by atoms with Crippen LogP contribution in [-0.4, -0.2) is 41.1 Å². The summed E-state index contributed by atoms with van der Waals surface area (Å²) < 4.78 is 10.5. The van der Waals surface area contributed by atoms with E-state index in [0.717, 1.165) is 19.3 Å². The number of hydrogen-bond acceptors (Lipinski definition) is 7. The van der Waals surface area contributed by atoms with Crippen LogP contribution in [0.25, 0.3) is 0 Å². The van der Waals surface area contributed by atoms with E-state index in [4.69, 9.17) is 9.47 Å². The van der Waals surface area contributed by atoms with Crippen LogP contribution < -0.4 is 4.74 Å². The molecule has 0 spiro atoms. The van der Waals surface area contributed by atoms with Crippen LogP contribution in [0.5, 0.6) is 23.0 Å². The minimum Gasteiger partial charge on any atom is -0.507 e. The molecule has 0 aliphatic heterocycles. The van der Waals surface area contributed by atoms with E-state index in [9.17, 15) is 24.9 Å². The quantitative estimate of drug-likeness (QED) is 0.516. The van der Waals surface area contributed by atoms with Gasteiger partial charge in [0.2, 0.25) is 5.78 Å². The zero-order valence-corrected chi connectivity index (χ0v) is 16.6. The normalized spacial score (nSPS) is 13.8. The monoisotopic (exact) mass is 400 g/mol. The first-order chi connectivity index (χ1) is 13.8. The summed E-state index contributed by atoms with van der Waals surface area (Å²) in [5, 5.41) is 31.7. The summed E-state index contributed by atoms with van der Waals surface area (Å²) in [4.78, 5) is 26.1. The standard InChI is InChI=1S/C22H24O7/c1-4-5-6-7-16(29-3)19-15(24)10-13-18(22(19)27)21(26)17-12(20(13)25)8-11(28-2)9-14(17)23/h8-10,16,23-24,27H,4-7H2,1-3H3. The molecule has 0 amide bonds. The van der Waals surface area contributed by atoms with Crippen LogP contribution in [-0.2, 0) is 4.74 Å². The molecule has 0 heterocycles. The number of phenols is 3. The third kappa shape index (κ3) is 3.42. The highest BCUT2D eigenvalue weighted by atomic mass is 16.5. The second-order valence-corrected chi connectivity index (χ2v) is 7.03. The summed E-state index contributed by atoms with van der Waals surface area (Å²) in [6.45, 7) is 2.05. The van der Waals surface area contributed by atoms with Gasteiger partial charge in [-0.3, -0.25) is 9.59 Å². The molecule has 1 unspecified atom stereocenters.